The van der Waals surface area contributed by atoms with E-state index in [1.54, 1.807) is 18.2 Å². The summed E-state index contributed by atoms with van der Waals surface area (Å²) < 4.78 is 43.4. The number of halogens is 2. The molecule has 0 radical (unpaired) electrons. The molecular formula is C19H14BrFN2O4S. The van der Waals surface area contributed by atoms with Crippen molar-refractivity contribution in [2.75, 3.05) is 4.72 Å². The molecule has 1 fully saturated rings. The lowest BCUT2D eigenvalue weighted by Crippen LogP contribution is -2.15. The van der Waals surface area contributed by atoms with Gasteiger partial charge in [-0.05, 0) is 54.7 Å². The number of nitrogens with zero attached hydrogens (tertiary/aromatic N) is 1. The van der Waals surface area contributed by atoms with Gasteiger partial charge in [-0.1, -0.05) is 22.0 Å². The average Bonchev–Trinajstić information content (AvgIpc) is 3.46. The molecule has 28 heavy (non-hydrogen) atoms. The van der Waals surface area contributed by atoms with Crippen LogP contribution in [0.4, 0.5) is 10.1 Å². The van der Waals surface area contributed by atoms with E-state index in [9.17, 15) is 22.7 Å². The molecule has 4 rings (SSSR count). The summed E-state index contributed by atoms with van der Waals surface area (Å²) in [7, 11) is -4.10. The summed E-state index contributed by atoms with van der Waals surface area (Å²) in [4.78, 5) is 15.5. The number of anilines is 1. The number of sulfonamides is 1. The predicted octanol–water partition coefficient (Wildman–Crippen LogP) is 4.51. The van der Waals surface area contributed by atoms with Gasteiger partial charge in [0.2, 0.25) is 0 Å². The highest BCUT2D eigenvalue weighted by molar-refractivity contribution is 9.10. The second-order valence-electron chi connectivity index (χ2n) is 6.59. The lowest BCUT2D eigenvalue weighted by molar-refractivity contribution is 0.0691. The Kier molecular flexibility index (Phi) is 4.59. The topological polar surface area (TPSA) is 96.4 Å². The van der Waals surface area contributed by atoms with E-state index < -0.39 is 27.4 Å². The number of pyridine rings is 1. The van der Waals surface area contributed by atoms with Gasteiger partial charge in [-0.25, -0.2) is 17.6 Å². The molecule has 144 valence electrons. The smallest absolute Gasteiger partial charge is 0.338 e. The summed E-state index contributed by atoms with van der Waals surface area (Å²) in [5.41, 5.74) is -0.0555. The van der Waals surface area contributed by atoms with Crippen LogP contribution in [-0.4, -0.2) is 24.5 Å². The molecule has 1 aliphatic carbocycles. The molecule has 0 atom stereocenters. The van der Waals surface area contributed by atoms with E-state index in [1.165, 1.54) is 18.3 Å². The molecule has 1 aromatic heterocycles. The first-order chi connectivity index (χ1) is 13.3. The van der Waals surface area contributed by atoms with Crippen LogP contribution in [0.5, 0.6) is 0 Å². The maximum absolute atomic E-state index is 14.4. The molecule has 0 amide bonds. The van der Waals surface area contributed by atoms with E-state index >= 15 is 0 Å². The van der Waals surface area contributed by atoms with E-state index in [2.05, 4.69) is 25.6 Å². The van der Waals surface area contributed by atoms with Crippen LogP contribution in [0.1, 0.15) is 34.7 Å². The van der Waals surface area contributed by atoms with Gasteiger partial charge in [0.1, 0.15) is 10.7 Å². The number of carboxylic acids is 1. The SMILES string of the molecule is O=C(O)c1cc(NS(=O)(=O)c2cc(Br)cc3cccnc23)cc(C2CC2)c1F. The highest BCUT2D eigenvalue weighted by atomic mass is 79.9. The number of hydrogen-bond donors (Lipinski definition) is 2. The fourth-order valence-corrected chi connectivity index (χ4v) is 4.96. The molecule has 1 heterocycles. The van der Waals surface area contributed by atoms with Gasteiger partial charge >= 0.3 is 5.97 Å². The lowest BCUT2D eigenvalue weighted by Gasteiger charge is -2.13. The minimum atomic E-state index is -4.10. The maximum atomic E-state index is 14.4. The van der Waals surface area contributed by atoms with Crippen molar-refractivity contribution in [1.82, 2.24) is 4.98 Å². The predicted molar refractivity (Wildman–Crippen MR) is 106 cm³/mol. The number of hydrogen-bond acceptors (Lipinski definition) is 4. The Morgan fingerprint density at radius 3 is 2.68 bits per heavy atom. The van der Waals surface area contributed by atoms with E-state index in [4.69, 9.17) is 0 Å². The van der Waals surface area contributed by atoms with Gasteiger partial charge in [0.15, 0.2) is 0 Å². The van der Waals surface area contributed by atoms with Crippen LogP contribution in [0.25, 0.3) is 10.9 Å². The Balaban J connectivity index is 1.82. The molecule has 1 aliphatic rings. The quantitative estimate of drug-likeness (QED) is 0.578. The zero-order valence-corrected chi connectivity index (χ0v) is 16.7. The highest BCUT2D eigenvalue weighted by Gasteiger charge is 2.30. The molecule has 2 N–H and O–H groups in total. The number of nitrogens with one attached hydrogen (secondary N) is 1. The molecule has 0 saturated heterocycles. The summed E-state index contributed by atoms with van der Waals surface area (Å²) in [6.45, 7) is 0. The van der Waals surface area contributed by atoms with Crippen LogP contribution >= 0.6 is 15.9 Å². The fourth-order valence-electron chi connectivity index (χ4n) is 3.09. The van der Waals surface area contributed by atoms with Gasteiger partial charge in [-0.2, -0.15) is 0 Å². The standard InChI is InChI=1S/C19H14BrFN2O4S/c20-12-6-11-2-1-5-22-18(11)16(7-12)28(26,27)23-13-8-14(10-3-4-10)17(21)15(9-13)19(24)25/h1-2,5-10,23H,3-4H2,(H,24,25). The number of carboxylic acid groups (broad SMARTS) is 1. The molecule has 3 aromatic rings. The summed E-state index contributed by atoms with van der Waals surface area (Å²) in [6, 6.07) is 8.95. The van der Waals surface area contributed by atoms with E-state index in [0.717, 1.165) is 18.9 Å². The number of benzene rings is 2. The first kappa shape index (κ1) is 18.8. The Labute approximate surface area is 168 Å². The lowest BCUT2D eigenvalue weighted by atomic mass is 10.0. The highest BCUT2D eigenvalue weighted by Crippen LogP contribution is 2.43. The number of aromatic nitrogens is 1. The van der Waals surface area contributed by atoms with Crippen molar-refractivity contribution in [1.29, 1.82) is 0 Å². The van der Waals surface area contributed by atoms with Crippen LogP contribution in [0.2, 0.25) is 0 Å². The molecule has 0 spiro atoms. The molecule has 0 aliphatic heterocycles. The molecule has 0 unspecified atom stereocenters. The Morgan fingerprint density at radius 2 is 2.00 bits per heavy atom. The van der Waals surface area contributed by atoms with Crippen molar-refractivity contribution in [3.8, 4) is 0 Å². The maximum Gasteiger partial charge on any atom is 0.338 e. The monoisotopic (exact) mass is 464 g/mol. The normalized spacial score (nSPS) is 14.2. The second-order valence-corrected chi connectivity index (χ2v) is 9.16. The van der Waals surface area contributed by atoms with E-state index in [0.29, 0.717) is 9.86 Å². The van der Waals surface area contributed by atoms with Gasteiger partial charge in [0.25, 0.3) is 10.0 Å². The van der Waals surface area contributed by atoms with Gasteiger partial charge in [0, 0.05) is 16.1 Å². The second kappa shape index (κ2) is 6.82. The van der Waals surface area contributed by atoms with Crippen molar-refractivity contribution >= 4 is 48.5 Å². The van der Waals surface area contributed by atoms with Crippen LogP contribution in [0, 0.1) is 5.82 Å². The Hall–Kier alpha value is -2.52. The van der Waals surface area contributed by atoms with E-state index in [-0.39, 0.29) is 27.6 Å². The molecular weight excluding hydrogens is 451 g/mol. The summed E-state index contributed by atoms with van der Waals surface area (Å²) >= 11 is 3.29. The minimum Gasteiger partial charge on any atom is -0.478 e. The van der Waals surface area contributed by atoms with Gasteiger partial charge < -0.3 is 5.11 Å². The third-order valence-corrected chi connectivity index (χ3v) is 6.38. The van der Waals surface area contributed by atoms with Crippen molar-refractivity contribution in [3.63, 3.8) is 0 Å². The van der Waals surface area contributed by atoms with Gasteiger partial charge in [0.05, 0.1) is 16.8 Å². The third-order valence-electron chi connectivity index (χ3n) is 4.52. The van der Waals surface area contributed by atoms with Crippen LogP contribution in [0.3, 0.4) is 0 Å². The molecule has 9 heteroatoms. The van der Waals surface area contributed by atoms with Crippen molar-refractivity contribution in [2.45, 2.75) is 23.7 Å². The summed E-state index contributed by atoms with van der Waals surface area (Å²) in [5.74, 6) is -2.35. The van der Waals surface area contributed by atoms with Crippen molar-refractivity contribution < 1.29 is 22.7 Å². The third kappa shape index (κ3) is 3.47. The van der Waals surface area contributed by atoms with Crippen LogP contribution < -0.4 is 4.72 Å². The Bertz CT molecular complexity index is 1230. The molecule has 1 saturated carbocycles. The largest absolute Gasteiger partial charge is 0.478 e. The van der Waals surface area contributed by atoms with Crippen molar-refractivity contribution in [2.24, 2.45) is 0 Å². The molecule has 0 bridgehead atoms. The van der Waals surface area contributed by atoms with Gasteiger partial charge in [-0.3, -0.25) is 9.71 Å². The van der Waals surface area contributed by atoms with Crippen LogP contribution in [-0.2, 0) is 10.0 Å². The average molecular weight is 465 g/mol. The first-order valence-corrected chi connectivity index (χ1v) is 10.7. The number of carbonyl (C=O) groups is 1. The summed E-state index contributed by atoms with van der Waals surface area (Å²) in [6.07, 6.45) is 2.97. The number of rotatable bonds is 5. The molecule has 6 nitrogen and oxygen atoms in total. The number of fused-ring (bicyclic) bond motifs is 1. The Morgan fingerprint density at radius 1 is 1.25 bits per heavy atom. The zero-order chi connectivity index (χ0) is 20.1. The van der Waals surface area contributed by atoms with E-state index in [1.807, 2.05) is 0 Å². The van der Waals surface area contributed by atoms with Crippen LogP contribution in [0.15, 0.2) is 52.0 Å². The fraction of sp³-hybridized carbons (Fsp3) is 0.158. The minimum absolute atomic E-state index is 0.00440. The zero-order valence-electron chi connectivity index (χ0n) is 14.3. The summed E-state index contributed by atoms with van der Waals surface area (Å²) in [5, 5.41) is 9.90. The van der Waals surface area contributed by atoms with Crippen molar-refractivity contribution in [3.05, 3.63) is 64.0 Å². The number of aromatic carboxylic acids is 1. The molecule has 2 aromatic carbocycles. The van der Waals surface area contributed by atoms with Gasteiger partial charge in [-0.15, -0.1) is 0 Å². The first-order valence-electron chi connectivity index (χ1n) is 8.40.